The van der Waals surface area contributed by atoms with Crippen LogP contribution in [0.25, 0.3) is 0 Å². The Bertz CT molecular complexity index is 242. The van der Waals surface area contributed by atoms with E-state index in [2.05, 4.69) is 4.74 Å². The molecule has 1 heterocycles. The van der Waals surface area contributed by atoms with E-state index in [1.165, 1.54) is 0 Å². The molecule has 0 bridgehead atoms. The number of likely N-dealkylation sites (tertiary alicyclic amines) is 1. The van der Waals surface area contributed by atoms with Crippen molar-refractivity contribution in [2.75, 3.05) is 26.2 Å². The van der Waals surface area contributed by atoms with Crippen LogP contribution in [0.5, 0.6) is 0 Å². The summed E-state index contributed by atoms with van der Waals surface area (Å²) in [6, 6.07) is 0. The highest BCUT2D eigenvalue weighted by Crippen LogP contribution is 2.08. The summed E-state index contributed by atoms with van der Waals surface area (Å²) in [7, 11) is 0. The van der Waals surface area contributed by atoms with E-state index in [-0.39, 0.29) is 24.9 Å². The van der Waals surface area contributed by atoms with Gasteiger partial charge in [-0.15, -0.1) is 0 Å². The Hall–Kier alpha value is -0.940. The third-order valence-corrected chi connectivity index (χ3v) is 2.29. The molecule has 0 spiro atoms. The first-order valence-electron chi connectivity index (χ1n) is 5.19. The van der Waals surface area contributed by atoms with Crippen LogP contribution >= 0.6 is 0 Å². The predicted octanol–water partition coefficient (Wildman–Crippen LogP) is -0.425. The average Bonchev–Trinajstić information content (AvgIpc) is 2.51. The maximum Gasteiger partial charge on any atom is 0.313 e. The van der Waals surface area contributed by atoms with Gasteiger partial charge in [0.15, 0.2) is 5.78 Å². The summed E-state index contributed by atoms with van der Waals surface area (Å²) in [5.74, 6) is -0.621. The number of aliphatic hydroxyl groups is 1. The number of Topliss-reactive ketones (excluding diaryl/α,β-unsaturated/α-hetero) is 1. The normalized spacial score (nSPS) is 21.6. The number of aliphatic hydroxyl groups excluding tert-OH is 1. The minimum absolute atomic E-state index is 0.150. The second kappa shape index (κ2) is 5.82. The van der Waals surface area contributed by atoms with Gasteiger partial charge >= 0.3 is 5.97 Å². The SMILES string of the molecule is CCOC(=O)CC(=O)CN1CCC(O)C1. The number of nitrogens with zero attached hydrogens (tertiary/aromatic N) is 1. The number of hydrogen-bond donors (Lipinski definition) is 1. The van der Waals surface area contributed by atoms with Crippen LogP contribution in [-0.4, -0.2) is 54.1 Å². The van der Waals surface area contributed by atoms with Gasteiger partial charge in [0.25, 0.3) is 0 Å². The van der Waals surface area contributed by atoms with Crippen LogP contribution in [0.4, 0.5) is 0 Å². The van der Waals surface area contributed by atoms with Crippen LogP contribution in [0.15, 0.2) is 0 Å². The first-order chi connectivity index (χ1) is 7.11. The highest BCUT2D eigenvalue weighted by Gasteiger charge is 2.22. The Morgan fingerprint density at radius 2 is 2.27 bits per heavy atom. The maximum absolute atomic E-state index is 11.4. The summed E-state index contributed by atoms with van der Waals surface area (Å²) in [6.45, 7) is 3.48. The van der Waals surface area contributed by atoms with Crippen molar-refractivity contribution in [2.45, 2.75) is 25.9 Å². The molecule has 0 amide bonds. The topological polar surface area (TPSA) is 66.8 Å². The predicted molar refractivity (Wildman–Crippen MR) is 53.3 cm³/mol. The van der Waals surface area contributed by atoms with E-state index in [1.54, 1.807) is 6.92 Å². The van der Waals surface area contributed by atoms with Gasteiger partial charge in [-0.05, 0) is 13.3 Å². The third kappa shape index (κ3) is 4.40. The molecule has 86 valence electrons. The monoisotopic (exact) mass is 215 g/mol. The van der Waals surface area contributed by atoms with Gasteiger partial charge in [-0.2, -0.15) is 0 Å². The van der Waals surface area contributed by atoms with Gasteiger partial charge < -0.3 is 9.84 Å². The fourth-order valence-corrected chi connectivity index (χ4v) is 1.63. The highest BCUT2D eigenvalue weighted by atomic mass is 16.5. The fraction of sp³-hybridized carbons (Fsp3) is 0.800. The van der Waals surface area contributed by atoms with Crippen LogP contribution in [0.1, 0.15) is 19.8 Å². The number of carbonyl (C=O) groups is 2. The van der Waals surface area contributed by atoms with E-state index in [1.807, 2.05) is 4.90 Å². The summed E-state index contributed by atoms with van der Waals surface area (Å²) >= 11 is 0. The van der Waals surface area contributed by atoms with Gasteiger partial charge in [-0.1, -0.05) is 0 Å². The molecule has 0 aliphatic carbocycles. The van der Waals surface area contributed by atoms with Gasteiger partial charge in [0.05, 0.1) is 19.3 Å². The zero-order valence-electron chi connectivity index (χ0n) is 8.94. The molecular weight excluding hydrogens is 198 g/mol. The van der Waals surface area contributed by atoms with Gasteiger partial charge in [0, 0.05) is 13.1 Å². The number of hydrogen-bond acceptors (Lipinski definition) is 5. The van der Waals surface area contributed by atoms with Crippen LogP contribution in [0.2, 0.25) is 0 Å². The minimum atomic E-state index is -0.470. The number of rotatable bonds is 5. The number of esters is 1. The molecule has 1 aliphatic heterocycles. The van der Waals surface area contributed by atoms with Crippen LogP contribution < -0.4 is 0 Å². The lowest BCUT2D eigenvalue weighted by atomic mass is 10.2. The Balaban J connectivity index is 2.21. The number of carbonyl (C=O) groups excluding carboxylic acids is 2. The molecule has 0 aromatic heterocycles. The Labute approximate surface area is 89.0 Å². The van der Waals surface area contributed by atoms with E-state index >= 15 is 0 Å². The van der Waals surface area contributed by atoms with Crippen molar-refractivity contribution in [2.24, 2.45) is 0 Å². The Morgan fingerprint density at radius 1 is 1.53 bits per heavy atom. The minimum Gasteiger partial charge on any atom is -0.466 e. The molecule has 1 fully saturated rings. The Kier molecular flexibility index (Phi) is 4.71. The Morgan fingerprint density at radius 3 is 2.80 bits per heavy atom. The van der Waals surface area contributed by atoms with Gasteiger partial charge in [-0.3, -0.25) is 14.5 Å². The molecule has 0 saturated carbocycles. The smallest absolute Gasteiger partial charge is 0.313 e. The zero-order chi connectivity index (χ0) is 11.3. The van der Waals surface area contributed by atoms with E-state index < -0.39 is 5.97 Å². The number of ketones is 1. The van der Waals surface area contributed by atoms with E-state index in [0.717, 1.165) is 6.54 Å². The van der Waals surface area contributed by atoms with Crippen LogP contribution in [0.3, 0.4) is 0 Å². The van der Waals surface area contributed by atoms with Crippen molar-refractivity contribution in [3.05, 3.63) is 0 Å². The van der Waals surface area contributed by atoms with Crippen LogP contribution in [0, 0.1) is 0 Å². The molecule has 0 aromatic carbocycles. The molecule has 1 aliphatic rings. The molecule has 15 heavy (non-hydrogen) atoms. The van der Waals surface area contributed by atoms with Crippen molar-refractivity contribution >= 4 is 11.8 Å². The van der Waals surface area contributed by atoms with Crippen molar-refractivity contribution in [1.82, 2.24) is 4.90 Å². The molecule has 5 nitrogen and oxygen atoms in total. The van der Waals surface area contributed by atoms with Crippen molar-refractivity contribution in [3.8, 4) is 0 Å². The molecule has 1 N–H and O–H groups in total. The lowest BCUT2D eigenvalue weighted by Crippen LogP contribution is -2.30. The van der Waals surface area contributed by atoms with Gasteiger partial charge in [0.2, 0.25) is 0 Å². The summed E-state index contributed by atoms with van der Waals surface area (Å²) in [4.78, 5) is 24.2. The highest BCUT2D eigenvalue weighted by molar-refractivity contribution is 5.96. The molecule has 0 radical (unpaired) electrons. The molecule has 5 heteroatoms. The summed E-state index contributed by atoms with van der Waals surface area (Å²) in [6.07, 6.45) is 0.202. The second-order valence-electron chi connectivity index (χ2n) is 3.70. The van der Waals surface area contributed by atoms with Gasteiger partial charge in [-0.25, -0.2) is 0 Å². The van der Waals surface area contributed by atoms with Crippen LogP contribution in [-0.2, 0) is 14.3 Å². The third-order valence-electron chi connectivity index (χ3n) is 2.29. The molecule has 1 unspecified atom stereocenters. The molecule has 0 aromatic rings. The van der Waals surface area contributed by atoms with E-state index in [0.29, 0.717) is 19.6 Å². The lowest BCUT2D eigenvalue weighted by molar-refractivity contribution is -0.145. The fourth-order valence-electron chi connectivity index (χ4n) is 1.63. The zero-order valence-corrected chi connectivity index (χ0v) is 8.94. The van der Waals surface area contributed by atoms with E-state index in [4.69, 9.17) is 0 Å². The van der Waals surface area contributed by atoms with Crippen molar-refractivity contribution in [3.63, 3.8) is 0 Å². The largest absolute Gasteiger partial charge is 0.466 e. The number of ether oxygens (including phenoxy) is 1. The number of β-amino-alcohol motifs (C(OH)–C–C–N with tert-alkyl or cyclic N) is 1. The van der Waals surface area contributed by atoms with Crippen molar-refractivity contribution < 1.29 is 19.4 Å². The lowest BCUT2D eigenvalue weighted by Gasteiger charge is -2.12. The first kappa shape index (κ1) is 12.1. The standard InChI is InChI=1S/C10H17NO4/c1-2-15-10(14)5-9(13)7-11-4-3-8(12)6-11/h8,12H,2-7H2,1H3. The summed E-state index contributed by atoms with van der Waals surface area (Å²) in [5.41, 5.74) is 0. The molecule has 1 rings (SSSR count). The second-order valence-corrected chi connectivity index (χ2v) is 3.70. The average molecular weight is 215 g/mol. The molecule has 1 saturated heterocycles. The van der Waals surface area contributed by atoms with Crippen molar-refractivity contribution in [1.29, 1.82) is 0 Å². The van der Waals surface area contributed by atoms with E-state index in [9.17, 15) is 14.7 Å². The quantitative estimate of drug-likeness (QED) is 0.498. The summed E-state index contributed by atoms with van der Waals surface area (Å²) < 4.78 is 4.67. The maximum atomic E-state index is 11.4. The molecule has 1 atom stereocenters. The first-order valence-corrected chi connectivity index (χ1v) is 5.19. The molecular formula is C10H17NO4. The van der Waals surface area contributed by atoms with Gasteiger partial charge in [0.1, 0.15) is 6.42 Å². The summed E-state index contributed by atoms with van der Waals surface area (Å²) in [5, 5.41) is 9.23.